The van der Waals surface area contributed by atoms with Crippen molar-refractivity contribution in [2.45, 2.75) is 9.79 Å². The molecule has 51 heavy (non-hydrogen) atoms. The van der Waals surface area contributed by atoms with Gasteiger partial charge in [0.05, 0.1) is 21.2 Å². The van der Waals surface area contributed by atoms with Crippen LogP contribution in [0.15, 0.2) is 127 Å². The molecule has 19 heteroatoms. The van der Waals surface area contributed by atoms with Crippen LogP contribution in [0.2, 0.25) is 10.0 Å². The van der Waals surface area contributed by atoms with E-state index in [4.69, 9.17) is 27.8 Å². The predicted octanol–water partition coefficient (Wildman–Crippen LogP) is 7.52. The Morgan fingerprint density at radius 2 is 1.04 bits per heavy atom. The minimum Gasteiger partial charge on any atom is -0.871 e. The summed E-state index contributed by atoms with van der Waals surface area (Å²) in [6.45, 7) is 0. The minimum absolute atomic E-state index is 0. The zero-order chi connectivity index (χ0) is 36.4. The fourth-order valence-corrected chi connectivity index (χ4v) is 5.78. The number of fused-ring (bicyclic) bond motifs is 2. The average molecular weight is 807 g/mol. The molecule has 259 valence electrons. The molecule has 0 unspecified atom stereocenters. The molecule has 0 aromatic heterocycles. The van der Waals surface area contributed by atoms with Crippen molar-refractivity contribution < 1.29 is 63.7 Å². The number of aromatic hydroxyl groups is 2. The maximum absolute atomic E-state index is 12.1. The van der Waals surface area contributed by atoms with Gasteiger partial charge in [0.2, 0.25) is 0 Å². The first-order valence-corrected chi connectivity index (χ1v) is 17.3. The number of benzene rings is 6. The largest absolute Gasteiger partial charge is 3.00 e. The molecule has 1 radical (unpaired) electrons. The average Bonchev–Trinajstić information content (AvgIpc) is 3.05. The number of hydrogen-bond donors (Lipinski definition) is 3. The molecule has 0 amide bonds. The molecule has 0 aliphatic heterocycles. The fraction of sp³-hybridized carbons (Fsp3) is 0. The third kappa shape index (κ3) is 9.30. The molecule has 0 saturated carbocycles. The Hall–Kier alpha value is -4.83. The van der Waals surface area contributed by atoms with Crippen LogP contribution in [-0.2, 0) is 37.6 Å². The van der Waals surface area contributed by atoms with Gasteiger partial charge in [0.1, 0.15) is 33.0 Å². The van der Waals surface area contributed by atoms with Crippen molar-refractivity contribution in [3.63, 3.8) is 0 Å². The molecule has 6 aromatic carbocycles. The Morgan fingerprint density at radius 1 is 0.549 bits per heavy atom. The predicted molar refractivity (Wildman–Crippen MR) is 179 cm³/mol. The third-order valence-electron chi connectivity index (χ3n) is 6.83. The number of azo groups is 2. The van der Waals surface area contributed by atoms with Crippen LogP contribution in [0.3, 0.4) is 0 Å². The number of nitrogens with zero attached hydrogens (tertiary/aromatic N) is 4. The maximum Gasteiger partial charge on any atom is 3.00 e. The van der Waals surface area contributed by atoms with Gasteiger partial charge in [-0.05, 0) is 71.4 Å². The minimum atomic E-state index is -4.62. The second-order valence-corrected chi connectivity index (χ2v) is 13.9. The zero-order valence-electron chi connectivity index (χ0n) is 25.2. The number of rotatable bonds is 6. The molecule has 6 aromatic rings. The Kier molecular flexibility index (Phi) is 11.9. The van der Waals surface area contributed by atoms with Gasteiger partial charge in [-0.25, -0.2) is 8.42 Å². The summed E-state index contributed by atoms with van der Waals surface area (Å²) in [4.78, 5) is -0.695. The fourth-order valence-electron chi connectivity index (χ4n) is 4.43. The molecule has 3 N–H and O–H groups in total. The number of hydrogen-bond acceptors (Lipinski definition) is 13. The summed E-state index contributed by atoms with van der Waals surface area (Å²) in [5, 5.41) is 61.1. The summed E-state index contributed by atoms with van der Waals surface area (Å²) in [5.41, 5.74) is 0.0756. The van der Waals surface area contributed by atoms with E-state index in [0.717, 1.165) is 12.1 Å². The second kappa shape index (κ2) is 15.6. The summed E-state index contributed by atoms with van der Waals surface area (Å²) in [7, 11) is -8.97. The van der Waals surface area contributed by atoms with E-state index in [2.05, 4.69) is 20.5 Å². The van der Waals surface area contributed by atoms with Crippen LogP contribution < -0.4 is 10.2 Å². The molecule has 0 bridgehead atoms. The van der Waals surface area contributed by atoms with Crippen LogP contribution in [0.5, 0.6) is 23.0 Å². The molecule has 6 rings (SSSR count). The molecule has 0 fully saturated rings. The summed E-state index contributed by atoms with van der Waals surface area (Å²) in [5.74, 6) is -1.21. The first-order chi connectivity index (χ1) is 23.5. The van der Waals surface area contributed by atoms with E-state index in [9.17, 15) is 41.8 Å². The molecular formula is C32H19Cl2CrN4O10S2. The van der Waals surface area contributed by atoms with Crippen LogP contribution in [0.1, 0.15) is 0 Å². The quantitative estimate of drug-likeness (QED) is 0.110. The van der Waals surface area contributed by atoms with E-state index in [1.54, 1.807) is 0 Å². The third-order valence-corrected chi connectivity index (χ3v) is 8.98. The number of halogens is 2. The van der Waals surface area contributed by atoms with Gasteiger partial charge >= 0.3 is 17.4 Å². The van der Waals surface area contributed by atoms with E-state index in [0.29, 0.717) is 31.6 Å². The van der Waals surface area contributed by atoms with Crippen LogP contribution >= 0.6 is 23.2 Å². The van der Waals surface area contributed by atoms with Crippen molar-refractivity contribution in [3.8, 4) is 23.0 Å². The molecule has 0 aliphatic carbocycles. The summed E-state index contributed by atoms with van der Waals surface area (Å²) in [6.07, 6.45) is 0. The zero-order valence-corrected chi connectivity index (χ0v) is 29.6. The molecule has 0 aliphatic rings. The number of phenols is 2. The van der Waals surface area contributed by atoms with E-state index >= 15 is 0 Å². The summed E-state index contributed by atoms with van der Waals surface area (Å²) in [6, 6.07) is 20.9. The van der Waals surface area contributed by atoms with Gasteiger partial charge in [-0.2, -0.15) is 18.6 Å². The Labute approximate surface area is 310 Å². The molecule has 0 atom stereocenters. The smallest absolute Gasteiger partial charge is 0.871 e. The normalized spacial score (nSPS) is 11.8. The van der Waals surface area contributed by atoms with Gasteiger partial charge in [-0.3, -0.25) is 4.55 Å². The number of phenolic OH excluding ortho intramolecular Hbond substituents is 2. The Bertz CT molecular complexity index is 2410. The summed E-state index contributed by atoms with van der Waals surface area (Å²) < 4.78 is 64.9. The van der Waals surface area contributed by atoms with Crippen molar-refractivity contribution in [2.24, 2.45) is 20.5 Å². The van der Waals surface area contributed by atoms with Crippen LogP contribution in [0, 0.1) is 0 Å². The molecular weight excluding hydrogens is 787 g/mol. The Balaban J connectivity index is 0.000000224. The topological polar surface area (TPSA) is 248 Å². The van der Waals surface area contributed by atoms with Crippen molar-refractivity contribution in [2.75, 3.05) is 0 Å². The van der Waals surface area contributed by atoms with Crippen molar-refractivity contribution >= 4 is 87.7 Å². The first kappa shape index (κ1) is 39.0. The maximum atomic E-state index is 12.1. The van der Waals surface area contributed by atoms with E-state index in [1.165, 1.54) is 84.9 Å². The van der Waals surface area contributed by atoms with Gasteiger partial charge in [-0.1, -0.05) is 71.1 Å². The van der Waals surface area contributed by atoms with Crippen molar-refractivity contribution in [1.82, 2.24) is 0 Å². The van der Waals surface area contributed by atoms with Gasteiger partial charge in [0.25, 0.3) is 10.1 Å². The van der Waals surface area contributed by atoms with Crippen LogP contribution in [-0.4, -0.2) is 36.2 Å². The molecule has 0 heterocycles. The molecule has 0 spiro atoms. The van der Waals surface area contributed by atoms with Crippen molar-refractivity contribution in [3.05, 3.63) is 107 Å². The Morgan fingerprint density at radius 3 is 1.69 bits per heavy atom. The second-order valence-electron chi connectivity index (χ2n) is 10.2. The van der Waals surface area contributed by atoms with Crippen LogP contribution in [0.4, 0.5) is 22.7 Å². The van der Waals surface area contributed by atoms with Crippen molar-refractivity contribution in [1.29, 1.82) is 0 Å². The van der Waals surface area contributed by atoms with Gasteiger partial charge in [-0.15, -0.1) is 10.2 Å². The van der Waals surface area contributed by atoms with E-state index in [-0.39, 0.29) is 56.5 Å². The van der Waals surface area contributed by atoms with E-state index < -0.39 is 36.6 Å². The van der Waals surface area contributed by atoms with E-state index in [1.807, 2.05) is 0 Å². The summed E-state index contributed by atoms with van der Waals surface area (Å²) >= 11 is 11.6. The molecule has 14 nitrogen and oxygen atoms in total. The first-order valence-electron chi connectivity index (χ1n) is 13.7. The SMILES string of the molecule is O=S(=O)(O)c1ccc2c(N=Nc3cc(Cl)ccc3O)c(O)ccc2c1.O=S(=O)([O-])c1ccc2c(N=Nc3cc(Cl)ccc3[O-])c([O-])ccc2c1.[Cr+3]. The van der Waals surface area contributed by atoms with Gasteiger partial charge in [0.15, 0.2) is 0 Å². The van der Waals surface area contributed by atoms with Crippen LogP contribution in [0.25, 0.3) is 21.5 Å². The van der Waals surface area contributed by atoms with Gasteiger partial charge < -0.3 is 25.0 Å². The monoisotopic (exact) mass is 805 g/mol. The van der Waals surface area contributed by atoms with Gasteiger partial charge in [0, 0.05) is 20.8 Å². The molecule has 0 saturated heterocycles. The standard InChI is InChI=1S/2C16H11ClN2O5S.Cr/c2*17-10-2-6-14(20)13(8-10)18-19-16-12-4-3-11(25(22,23)24)7-9(12)1-5-15(16)21;/h2*1-8,20-21H,(H,22,23,24);/q;;+3/p-3.